The molecule has 0 radical (unpaired) electrons. The lowest BCUT2D eigenvalue weighted by Gasteiger charge is -2.47. The number of hydrogen-bond donors (Lipinski definition) is 1. The van der Waals surface area contributed by atoms with Crippen molar-refractivity contribution in [1.82, 2.24) is 0 Å². The summed E-state index contributed by atoms with van der Waals surface area (Å²) in [5.74, 6) is 3.71. The van der Waals surface area contributed by atoms with E-state index in [1.54, 1.807) is 0 Å². The van der Waals surface area contributed by atoms with Gasteiger partial charge in [0.1, 0.15) is 0 Å². The van der Waals surface area contributed by atoms with Crippen LogP contribution >= 0.6 is 0 Å². The van der Waals surface area contributed by atoms with E-state index in [1.807, 2.05) is 0 Å². The van der Waals surface area contributed by atoms with E-state index in [0.29, 0.717) is 6.04 Å². The number of benzene rings is 1. The highest BCUT2D eigenvalue weighted by Crippen LogP contribution is 2.46. The van der Waals surface area contributed by atoms with Crippen molar-refractivity contribution in [1.29, 1.82) is 0 Å². The number of nitrogens with one attached hydrogen (secondary N) is 1. The van der Waals surface area contributed by atoms with Crippen LogP contribution in [0.5, 0.6) is 0 Å². The lowest BCUT2D eigenvalue weighted by Crippen LogP contribution is -2.45. The second-order valence-corrected chi connectivity index (χ2v) is 6.86. The number of anilines is 1. The lowest BCUT2D eigenvalue weighted by atomic mass is 9.62. The van der Waals surface area contributed by atoms with Crippen LogP contribution in [0.25, 0.3) is 0 Å². The summed E-state index contributed by atoms with van der Waals surface area (Å²) in [6, 6.07) is 11.5. The van der Waals surface area contributed by atoms with Crippen LogP contribution in [0.2, 0.25) is 0 Å². The molecule has 0 heterocycles. The van der Waals surface area contributed by atoms with Gasteiger partial charge in [-0.25, -0.2) is 0 Å². The van der Waals surface area contributed by atoms with Gasteiger partial charge in [0.05, 0.1) is 0 Å². The van der Waals surface area contributed by atoms with Gasteiger partial charge in [-0.2, -0.15) is 0 Å². The summed E-state index contributed by atoms with van der Waals surface area (Å²) in [5.41, 5.74) is 1.30. The Bertz CT molecular complexity index is 397. The second kappa shape index (κ2) is 5.56. The molecule has 104 valence electrons. The Hall–Kier alpha value is -0.980. The quantitative estimate of drug-likeness (QED) is 0.808. The van der Waals surface area contributed by atoms with Gasteiger partial charge in [-0.3, -0.25) is 0 Å². The zero-order valence-electron chi connectivity index (χ0n) is 12.3. The van der Waals surface area contributed by atoms with Gasteiger partial charge in [0.15, 0.2) is 0 Å². The standard InChI is InChI=1S/C18H27N/c1-3-14-10-15-9-13(2)18(16(11-14)12-15)19-17-7-5-4-6-8-17/h4-8,13-16,18-19H,3,9-12H2,1-2H3. The minimum Gasteiger partial charge on any atom is -0.382 e. The van der Waals surface area contributed by atoms with Gasteiger partial charge in [-0.05, 0) is 61.5 Å². The number of hydrogen-bond acceptors (Lipinski definition) is 1. The Morgan fingerprint density at radius 1 is 1.05 bits per heavy atom. The molecule has 2 aliphatic carbocycles. The molecular formula is C18H27N. The highest BCUT2D eigenvalue weighted by Gasteiger charge is 2.40. The van der Waals surface area contributed by atoms with Gasteiger partial charge in [0, 0.05) is 11.7 Å². The van der Waals surface area contributed by atoms with Crippen LogP contribution in [-0.2, 0) is 0 Å². The molecule has 2 aliphatic rings. The average Bonchev–Trinajstić information content (AvgIpc) is 2.44. The van der Waals surface area contributed by atoms with Crippen molar-refractivity contribution in [2.45, 2.75) is 52.0 Å². The Morgan fingerprint density at radius 3 is 2.58 bits per heavy atom. The summed E-state index contributed by atoms with van der Waals surface area (Å²) in [6.07, 6.45) is 7.21. The highest BCUT2D eigenvalue weighted by atomic mass is 14.9. The molecule has 2 saturated carbocycles. The Kier molecular flexibility index (Phi) is 3.81. The predicted molar refractivity (Wildman–Crippen MR) is 82.2 cm³/mol. The van der Waals surface area contributed by atoms with E-state index in [2.05, 4.69) is 49.5 Å². The normalized spacial score (nSPS) is 37.9. The molecule has 1 heteroatoms. The topological polar surface area (TPSA) is 12.0 Å². The fourth-order valence-electron chi connectivity index (χ4n) is 4.56. The van der Waals surface area contributed by atoms with E-state index in [1.165, 1.54) is 37.8 Å². The Labute approximate surface area is 117 Å². The van der Waals surface area contributed by atoms with Gasteiger partial charge >= 0.3 is 0 Å². The first-order valence-corrected chi connectivity index (χ1v) is 8.07. The molecule has 1 N–H and O–H groups in total. The van der Waals surface area contributed by atoms with Crippen molar-refractivity contribution in [2.75, 3.05) is 5.32 Å². The van der Waals surface area contributed by atoms with Crippen LogP contribution < -0.4 is 5.32 Å². The first-order valence-electron chi connectivity index (χ1n) is 8.07. The van der Waals surface area contributed by atoms with Crippen LogP contribution in [-0.4, -0.2) is 6.04 Å². The molecule has 0 aliphatic heterocycles. The molecule has 3 rings (SSSR count). The highest BCUT2D eigenvalue weighted by molar-refractivity contribution is 5.43. The van der Waals surface area contributed by atoms with Crippen LogP contribution in [0.4, 0.5) is 5.69 Å². The van der Waals surface area contributed by atoms with Crippen molar-refractivity contribution in [3.8, 4) is 0 Å². The third kappa shape index (κ3) is 2.80. The molecular weight excluding hydrogens is 230 g/mol. The minimum atomic E-state index is 0.688. The number of para-hydroxylation sites is 1. The molecule has 2 bridgehead atoms. The molecule has 0 amide bonds. The number of rotatable bonds is 3. The average molecular weight is 257 g/mol. The van der Waals surface area contributed by atoms with Crippen molar-refractivity contribution in [2.24, 2.45) is 23.7 Å². The van der Waals surface area contributed by atoms with Crippen molar-refractivity contribution in [3.63, 3.8) is 0 Å². The Balaban J connectivity index is 1.73. The number of fused-ring (bicyclic) bond motifs is 2. The lowest BCUT2D eigenvalue weighted by molar-refractivity contribution is 0.0884. The molecule has 0 spiro atoms. The third-order valence-corrected chi connectivity index (χ3v) is 5.45. The molecule has 5 unspecified atom stereocenters. The third-order valence-electron chi connectivity index (χ3n) is 5.45. The van der Waals surface area contributed by atoms with Gasteiger partial charge in [0.2, 0.25) is 0 Å². The summed E-state index contributed by atoms with van der Waals surface area (Å²) in [4.78, 5) is 0. The van der Waals surface area contributed by atoms with E-state index in [0.717, 1.165) is 23.7 Å². The summed E-state index contributed by atoms with van der Waals surface area (Å²) in [5, 5.41) is 3.83. The molecule has 1 aromatic carbocycles. The summed E-state index contributed by atoms with van der Waals surface area (Å²) >= 11 is 0. The van der Waals surface area contributed by atoms with E-state index in [-0.39, 0.29) is 0 Å². The largest absolute Gasteiger partial charge is 0.382 e. The van der Waals surface area contributed by atoms with E-state index >= 15 is 0 Å². The van der Waals surface area contributed by atoms with E-state index in [9.17, 15) is 0 Å². The first-order chi connectivity index (χ1) is 9.26. The minimum absolute atomic E-state index is 0.688. The maximum Gasteiger partial charge on any atom is 0.0342 e. The van der Waals surface area contributed by atoms with Crippen molar-refractivity contribution < 1.29 is 0 Å². The Morgan fingerprint density at radius 2 is 1.84 bits per heavy atom. The summed E-state index contributed by atoms with van der Waals surface area (Å²) in [7, 11) is 0. The van der Waals surface area contributed by atoms with Gasteiger partial charge in [0.25, 0.3) is 0 Å². The maximum absolute atomic E-state index is 3.83. The zero-order chi connectivity index (χ0) is 13.2. The molecule has 0 aromatic heterocycles. The van der Waals surface area contributed by atoms with Crippen molar-refractivity contribution in [3.05, 3.63) is 30.3 Å². The van der Waals surface area contributed by atoms with Crippen LogP contribution in [0, 0.1) is 23.7 Å². The molecule has 1 nitrogen and oxygen atoms in total. The van der Waals surface area contributed by atoms with Gasteiger partial charge in [-0.15, -0.1) is 0 Å². The van der Waals surface area contributed by atoms with Crippen molar-refractivity contribution >= 4 is 5.69 Å². The van der Waals surface area contributed by atoms with Crippen LogP contribution in [0.1, 0.15) is 46.0 Å². The summed E-state index contributed by atoms with van der Waals surface area (Å²) in [6.45, 7) is 4.82. The zero-order valence-corrected chi connectivity index (χ0v) is 12.3. The smallest absolute Gasteiger partial charge is 0.0342 e. The predicted octanol–water partition coefficient (Wildman–Crippen LogP) is 4.95. The van der Waals surface area contributed by atoms with E-state index in [4.69, 9.17) is 0 Å². The molecule has 0 saturated heterocycles. The van der Waals surface area contributed by atoms with E-state index < -0.39 is 0 Å². The molecule has 19 heavy (non-hydrogen) atoms. The summed E-state index contributed by atoms with van der Waals surface area (Å²) < 4.78 is 0. The SMILES string of the molecule is CCC1CC2CC(C)C(Nc3ccccc3)C(C1)C2. The van der Waals surface area contributed by atoms with Crippen LogP contribution in [0.15, 0.2) is 30.3 Å². The first kappa shape index (κ1) is 13.0. The van der Waals surface area contributed by atoms with Crippen LogP contribution in [0.3, 0.4) is 0 Å². The molecule has 5 atom stereocenters. The van der Waals surface area contributed by atoms with Gasteiger partial charge < -0.3 is 5.32 Å². The maximum atomic E-state index is 3.83. The molecule has 2 fully saturated rings. The molecule has 1 aromatic rings. The second-order valence-electron chi connectivity index (χ2n) is 6.86. The monoisotopic (exact) mass is 257 g/mol. The fourth-order valence-corrected chi connectivity index (χ4v) is 4.56. The van der Waals surface area contributed by atoms with Gasteiger partial charge in [-0.1, -0.05) is 38.5 Å². The fraction of sp³-hybridized carbons (Fsp3) is 0.667.